The van der Waals surface area contributed by atoms with Gasteiger partial charge in [0.1, 0.15) is 0 Å². The number of aliphatic carboxylic acids is 1. The summed E-state index contributed by atoms with van der Waals surface area (Å²) in [4.78, 5) is 10.5. The second-order valence-corrected chi connectivity index (χ2v) is 4.06. The molecule has 0 bridgehead atoms. The van der Waals surface area contributed by atoms with Crippen molar-refractivity contribution in [2.75, 3.05) is 0 Å². The number of nitrogens with zero attached hydrogens (tertiary/aromatic N) is 2. The maximum Gasteiger partial charge on any atom is 0.303 e. The van der Waals surface area contributed by atoms with Crippen molar-refractivity contribution in [3.05, 3.63) is 17.5 Å². The molecule has 0 aliphatic heterocycles. The van der Waals surface area contributed by atoms with Gasteiger partial charge in [-0.1, -0.05) is 13.8 Å². The molecule has 1 aromatic heterocycles. The predicted octanol–water partition coefficient (Wildman–Crippen LogP) is 2.43. The summed E-state index contributed by atoms with van der Waals surface area (Å²) >= 11 is 0. The van der Waals surface area contributed by atoms with Crippen molar-refractivity contribution < 1.29 is 9.90 Å². The molecule has 16 heavy (non-hydrogen) atoms. The van der Waals surface area contributed by atoms with E-state index in [1.165, 1.54) is 5.69 Å². The molecule has 0 radical (unpaired) electrons. The molecule has 0 amide bonds. The van der Waals surface area contributed by atoms with Crippen LogP contribution in [0.15, 0.2) is 6.07 Å². The van der Waals surface area contributed by atoms with Gasteiger partial charge in [-0.3, -0.25) is 9.48 Å². The summed E-state index contributed by atoms with van der Waals surface area (Å²) < 4.78 is 1.97. The van der Waals surface area contributed by atoms with Crippen molar-refractivity contribution in [2.24, 2.45) is 0 Å². The van der Waals surface area contributed by atoms with Gasteiger partial charge in [0.2, 0.25) is 0 Å². The zero-order valence-electron chi connectivity index (χ0n) is 10.2. The van der Waals surface area contributed by atoms with E-state index in [9.17, 15) is 4.79 Å². The molecule has 0 saturated carbocycles. The monoisotopic (exact) mass is 224 g/mol. The first-order valence-electron chi connectivity index (χ1n) is 5.87. The minimum absolute atomic E-state index is 0.159. The Morgan fingerprint density at radius 3 is 2.69 bits per heavy atom. The van der Waals surface area contributed by atoms with Crippen molar-refractivity contribution in [3.8, 4) is 0 Å². The Kier molecular flexibility index (Phi) is 4.52. The summed E-state index contributed by atoms with van der Waals surface area (Å²) in [6, 6.07) is 2.27. The number of aromatic nitrogens is 2. The van der Waals surface area contributed by atoms with Gasteiger partial charge in [-0.05, 0) is 32.3 Å². The number of rotatable bonds is 6. The normalized spacial score (nSPS) is 12.7. The minimum Gasteiger partial charge on any atom is -0.481 e. The molecule has 4 heteroatoms. The highest BCUT2D eigenvalue weighted by Crippen LogP contribution is 2.17. The van der Waals surface area contributed by atoms with Crippen LogP contribution in [0.1, 0.15) is 51.0 Å². The van der Waals surface area contributed by atoms with Crippen LogP contribution in [-0.4, -0.2) is 20.9 Å². The van der Waals surface area contributed by atoms with E-state index in [4.69, 9.17) is 5.11 Å². The quantitative estimate of drug-likeness (QED) is 0.807. The van der Waals surface area contributed by atoms with Crippen molar-refractivity contribution in [2.45, 2.75) is 52.5 Å². The standard InChI is InChI=1S/C12H20N2O2/c1-4-10-8-11(5-2)14(13-10)9(3)6-7-12(15)16/h8-9H,4-7H2,1-3H3,(H,15,16). The minimum atomic E-state index is -0.743. The van der Waals surface area contributed by atoms with Crippen molar-refractivity contribution in [1.82, 2.24) is 9.78 Å². The van der Waals surface area contributed by atoms with Crippen LogP contribution in [0.3, 0.4) is 0 Å². The first-order chi connectivity index (χ1) is 7.58. The van der Waals surface area contributed by atoms with Crippen molar-refractivity contribution >= 4 is 5.97 Å². The van der Waals surface area contributed by atoms with Gasteiger partial charge in [0, 0.05) is 18.2 Å². The van der Waals surface area contributed by atoms with E-state index < -0.39 is 5.97 Å². The highest BCUT2D eigenvalue weighted by atomic mass is 16.4. The third-order valence-electron chi connectivity index (χ3n) is 2.78. The van der Waals surface area contributed by atoms with Gasteiger partial charge in [-0.15, -0.1) is 0 Å². The van der Waals surface area contributed by atoms with Gasteiger partial charge in [0.15, 0.2) is 0 Å². The summed E-state index contributed by atoms with van der Waals surface area (Å²) in [7, 11) is 0. The Labute approximate surface area is 96.3 Å². The molecule has 1 unspecified atom stereocenters. The van der Waals surface area contributed by atoms with Gasteiger partial charge < -0.3 is 5.11 Å². The number of carbonyl (C=O) groups is 1. The topological polar surface area (TPSA) is 55.1 Å². The molecule has 1 heterocycles. The van der Waals surface area contributed by atoms with E-state index in [-0.39, 0.29) is 12.5 Å². The average Bonchev–Trinajstić information content (AvgIpc) is 2.68. The van der Waals surface area contributed by atoms with Gasteiger partial charge >= 0.3 is 5.97 Å². The number of aryl methyl sites for hydroxylation is 2. The molecule has 4 nitrogen and oxygen atoms in total. The summed E-state index contributed by atoms with van der Waals surface area (Å²) in [5.74, 6) is -0.743. The van der Waals surface area contributed by atoms with Crippen LogP contribution in [-0.2, 0) is 17.6 Å². The van der Waals surface area contributed by atoms with E-state index in [2.05, 4.69) is 25.0 Å². The molecule has 90 valence electrons. The lowest BCUT2D eigenvalue weighted by molar-refractivity contribution is -0.137. The van der Waals surface area contributed by atoms with Crippen molar-refractivity contribution in [1.29, 1.82) is 0 Å². The molecular formula is C12H20N2O2. The van der Waals surface area contributed by atoms with Crippen LogP contribution in [0.5, 0.6) is 0 Å². The van der Waals surface area contributed by atoms with Gasteiger partial charge in [-0.2, -0.15) is 5.10 Å². The number of carboxylic acid groups (broad SMARTS) is 1. The fourth-order valence-corrected chi connectivity index (χ4v) is 1.76. The fraction of sp³-hybridized carbons (Fsp3) is 0.667. The third-order valence-corrected chi connectivity index (χ3v) is 2.78. The second-order valence-electron chi connectivity index (χ2n) is 4.06. The summed E-state index contributed by atoms with van der Waals surface area (Å²) in [5, 5.41) is 13.2. The van der Waals surface area contributed by atoms with Crippen LogP contribution in [0.4, 0.5) is 0 Å². The second kappa shape index (κ2) is 5.68. The molecule has 0 spiro atoms. The number of hydrogen-bond donors (Lipinski definition) is 1. The number of carboxylic acids is 1. The zero-order valence-corrected chi connectivity index (χ0v) is 10.2. The molecule has 0 aromatic carbocycles. The third kappa shape index (κ3) is 3.08. The molecule has 1 aromatic rings. The van der Waals surface area contributed by atoms with Crippen LogP contribution >= 0.6 is 0 Å². The molecule has 1 rings (SSSR count). The average molecular weight is 224 g/mol. The first-order valence-corrected chi connectivity index (χ1v) is 5.87. The maximum atomic E-state index is 10.5. The maximum absolute atomic E-state index is 10.5. The Morgan fingerprint density at radius 1 is 1.50 bits per heavy atom. The van der Waals surface area contributed by atoms with Crippen LogP contribution in [0, 0.1) is 0 Å². The lowest BCUT2D eigenvalue weighted by Crippen LogP contribution is -2.12. The Balaban J connectivity index is 2.76. The van der Waals surface area contributed by atoms with E-state index >= 15 is 0 Å². The van der Waals surface area contributed by atoms with E-state index in [1.54, 1.807) is 0 Å². The first kappa shape index (κ1) is 12.7. The predicted molar refractivity (Wildman–Crippen MR) is 62.6 cm³/mol. The summed E-state index contributed by atoms with van der Waals surface area (Å²) in [5.41, 5.74) is 2.27. The lowest BCUT2D eigenvalue weighted by Gasteiger charge is -2.13. The van der Waals surface area contributed by atoms with Crippen LogP contribution < -0.4 is 0 Å². The smallest absolute Gasteiger partial charge is 0.303 e. The highest BCUT2D eigenvalue weighted by Gasteiger charge is 2.12. The molecule has 0 aliphatic rings. The molecule has 1 atom stereocenters. The van der Waals surface area contributed by atoms with Gasteiger partial charge in [0.05, 0.1) is 5.69 Å². The Morgan fingerprint density at radius 2 is 2.19 bits per heavy atom. The fourth-order valence-electron chi connectivity index (χ4n) is 1.76. The van der Waals surface area contributed by atoms with Crippen LogP contribution in [0.2, 0.25) is 0 Å². The Hall–Kier alpha value is -1.32. The zero-order chi connectivity index (χ0) is 12.1. The van der Waals surface area contributed by atoms with Gasteiger partial charge in [0.25, 0.3) is 0 Å². The van der Waals surface area contributed by atoms with Crippen molar-refractivity contribution in [3.63, 3.8) is 0 Å². The highest BCUT2D eigenvalue weighted by molar-refractivity contribution is 5.66. The number of hydrogen-bond acceptors (Lipinski definition) is 2. The summed E-state index contributed by atoms with van der Waals surface area (Å²) in [6.07, 6.45) is 2.69. The Bertz CT molecular complexity index is 358. The summed E-state index contributed by atoms with van der Waals surface area (Å²) in [6.45, 7) is 6.19. The SMILES string of the molecule is CCc1cc(CC)n(C(C)CCC(=O)O)n1. The molecule has 1 N–H and O–H groups in total. The molecule has 0 saturated heterocycles. The van der Waals surface area contributed by atoms with E-state index in [1.807, 2.05) is 11.6 Å². The van der Waals surface area contributed by atoms with E-state index in [0.29, 0.717) is 6.42 Å². The molecule has 0 aliphatic carbocycles. The molecular weight excluding hydrogens is 204 g/mol. The van der Waals surface area contributed by atoms with E-state index in [0.717, 1.165) is 18.5 Å². The lowest BCUT2D eigenvalue weighted by atomic mass is 10.2. The largest absolute Gasteiger partial charge is 0.481 e. The van der Waals surface area contributed by atoms with Crippen LogP contribution in [0.25, 0.3) is 0 Å². The van der Waals surface area contributed by atoms with Gasteiger partial charge in [-0.25, -0.2) is 0 Å². The molecule has 0 fully saturated rings.